The summed E-state index contributed by atoms with van der Waals surface area (Å²) in [4.78, 5) is 52.0. The third kappa shape index (κ3) is 4.67. The van der Waals surface area contributed by atoms with Gasteiger partial charge in [-0.2, -0.15) is 0 Å². The number of carbonyl (C=O) groups excluding carboxylic acids is 3. The molecule has 2 aromatic heterocycles. The number of hydrogen-bond donors (Lipinski definition) is 3. The zero-order valence-corrected chi connectivity index (χ0v) is 26.9. The minimum Gasteiger partial charge on any atom is -0.469 e. The fourth-order valence-corrected chi connectivity index (χ4v) is 7.44. The molecule has 0 radical (unpaired) electrons. The molecule has 2 fully saturated rings. The first kappa shape index (κ1) is 30.4. The summed E-state index contributed by atoms with van der Waals surface area (Å²) < 4.78 is 10.2. The molecule has 4 atom stereocenters. The normalized spacial score (nSPS) is 26.0. The van der Waals surface area contributed by atoms with Crippen LogP contribution in [0.25, 0.3) is 24.3 Å². The summed E-state index contributed by atoms with van der Waals surface area (Å²) in [6, 6.07) is -0.386. The molecule has 234 valence electrons. The van der Waals surface area contributed by atoms with Crippen molar-refractivity contribution in [2.75, 3.05) is 14.2 Å². The zero-order valence-electron chi connectivity index (χ0n) is 26.9. The summed E-state index contributed by atoms with van der Waals surface area (Å²) >= 11 is 0. The van der Waals surface area contributed by atoms with Crippen molar-refractivity contribution in [3.63, 3.8) is 0 Å². The number of esters is 2. The molecule has 1 aliphatic carbocycles. The number of Topliss-reactive ketones (excluding diaryl/α,β-unsaturated/α-hetero) is 1. The number of ketones is 1. The first-order chi connectivity index (χ1) is 21.5. The summed E-state index contributed by atoms with van der Waals surface area (Å²) in [7, 11) is 2.67. The second kappa shape index (κ2) is 11.4. The Morgan fingerprint density at radius 1 is 1.04 bits per heavy atom. The Morgan fingerprint density at radius 2 is 1.80 bits per heavy atom. The molecule has 9 heteroatoms. The van der Waals surface area contributed by atoms with Crippen LogP contribution in [-0.2, 0) is 30.3 Å². The topological polar surface area (TPSA) is 126 Å². The highest BCUT2D eigenvalue weighted by molar-refractivity contribution is 6.42. The molecule has 0 spiro atoms. The molecular weight excluding hydrogens is 568 g/mol. The standard InChI is InChI=1S/C36H40N4O5/c1-9-20-16(3)23-13-25-18(5)22(11-12-29(41)44-7)33(39-25)31-32(36(43)45-8)35(42)30-19(6)26(40-34(30)31)15-28-21(10-2)17(4)24(38-28)14-27(20)37-23/h9,13-15,18,22,26,32,37-39H,1,10-12H2,2-8H3/b24-14-,25-13-,28-15-,33-31?/t18-,22-,26?,32+/m0/s1. The van der Waals surface area contributed by atoms with E-state index in [0.717, 1.165) is 62.2 Å². The molecule has 3 N–H and O–H groups in total. The molecule has 45 heavy (non-hydrogen) atoms. The third-order valence-corrected chi connectivity index (χ3v) is 10.0. The van der Waals surface area contributed by atoms with Crippen LogP contribution < -0.4 is 16.0 Å². The number of aromatic nitrogens is 2. The Hall–Kier alpha value is -4.66. The maximum absolute atomic E-state index is 14.1. The van der Waals surface area contributed by atoms with Gasteiger partial charge in [0.05, 0.1) is 26.0 Å². The molecule has 0 aromatic carbocycles. The van der Waals surface area contributed by atoms with E-state index >= 15 is 0 Å². The van der Waals surface area contributed by atoms with Gasteiger partial charge in [-0.15, -0.1) is 0 Å². The van der Waals surface area contributed by atoms with E-state index in [1.807, 2.05) is 13.0 Å². The van der Waals surface area contributed by atoms with Gasteiger partial charge in [0.2, 0.25) is 0 Å². The van der Waals surface area contributed by atoms with E-state index in [0.29, 0.717) is 23.3 Å². The molecule has 1 unspecified atom stereocenters. The zero-order chi connectivity index (χ0) is 32.3. The average molecular weight is 609 g/mol. The number of fused-ring (bicyclic) bond motifs is 7. The third-order valence-electron chi connectivity index (χ3n) is 10.0. The molecule has 1 saturated carbocycles. The fraction of sp³-hybridized carbons (Fsp3) is 0.389. The van der Waals surface area contributed by atoms with Crippen molar-refractivity contribution in [2.24, 2.45) is 22.7 Å². The smallest absolute Gasteiger partial charge is 0.321 e. The first-order valence-electron chi connectivity index (χ1n) is 15.5. The van der Waals surface area contributed by atoms with Gasteiger partial charge in [0.1, 0.15) is 5.92 Å². The van der Waals surface area contributed by atoms with Crippen LogP contribution in [0.4, 0.5) is 0 Å². The van der Waals surface area contributed by atoms with Gasteiger partial charge in [-0.3, -0.25) is 19.4 Å². The van der Waals surface area contributed by atoms with Crippen molar-refractivity contribution in [3.05, 3.63) is 79.0 Å². The van der Waals surface area contributed by atoms with Crippen molar-refractivity contribution in [1.29, 1.82) is 0 Å². The Balaban J connectivity index is 1.69. The van der Waals surface area contributed by atoms with Crippen LogP contribution in [0.3, 0.4) is 0 Å². The van der Waals surface area contributed by atoms with Crippen LogP contribution >= 0.6 is 0 Å². The van der Waals surface area contributed by atoms with E-state index < -0.39 is 11.9 Å². The number of aliphatic imine (C=N–C) groups is 1. The molecule has 3 aliphatic heterocycles. The van der Waals surface area contributed by atoms with Gasteiger partial charge < -0.3 is 24.8 Å². The van der Waals surface area contributed by atoms with E-state index in [-0.39, 0.29) is 36.1 Å². The Bertz CT molecular complexity index is 1930. The highest BCUT2D eigenvalue weighted by Gasteiger charge is 2.52. The van der Waals surface area contributed by atoms with Gasteiger partial charge in [-0.1, -0.05) is 26.5 Å². The Kier molecular flexibility index (Phi) is 7.67. The number of carbonyl (C=O) groups is 3. The number of H-pyrrole nitrogens is 2. The van der Waals surface area contributed by atoms with E-state index in [4.69, 9.17) is 14.5 Å². The van der Waals surface area contributed by atoms with Gasteiger partial charge in [0.25, 0.3) is 0 Å². The highest BCUT2D eigenvalue weighted by atomic mass is 16.5. The molecule has 2 aromatic rings. The first-order valence-corrected chi connectivity index (χ1v) is 15.5. The second-order valence-electron chi connectivity index (χ2n) is 12.3. The molecular formula is C36H40N4O5. The number of nitrogens with zero attached hydrogens (tertiary/aromatic N) is 1. The lowest BCUT2D eigenvalue weighted by molar-refractivity contribution is -0.146. The highest BCUT2D eigenvalue weighted by Crippen LogP contribution is 2.46. The molecule has 4 aliphatic rings. The molecule has 1 saturated heterocycles. The average Bonchev–Trinajstić information content (AvgIpc) is 3.76. The maximum atomic E-state index is 14.1. The summed E-state index contributed by atoms with van der Waals surface area (Å²) in [5, 5.41) is 5.57. The van der Waals surface area contributed by atoms with Crippen LogP contribution in [-0.4, -0.2) is 53.7 Å². The summed E-state index contributed by atoms with van der Waals surface area (Å²) in [6.45, 7) is 14.4. The van der Waals surface area contributed by atoms with Gasteiger partial charge in [-0.25, -0.2) is 0 Å². The number of rotatable bonds is 6. The molecule has 0 amide bonds. The minimum atomic E-state index is -1.14. The maximum Gasteiger partial charge on any atom is 0.321 e. The summed E-state index contributed by atoms with van der Waals surface area (Å²) in [6.07, 6.45) is 9.63. The van der Waals surface area contributed by atoms with Crippen molar-refractivity contribution >= 4 is 47.7 Å². The van der Waals surface area contributed by atoms with Gasteiger partial charge >= 0.3 is 11.9 Å². The number of nitrogens with one attached hydrogen (secondary N) is 3. The molecule has 5 heterocycles. The predicted molar refractivity (Wildman–Crippen MR) is 174 cm³/mol. The number of hydrogen-bond acceptors (Lipinski definition) is 7. The number of ether oxygens (including phenoxy) is 2. The van der Waals surface area contributed by atoms with Crippen molar-refractivity contribution < 1.29 is 23.9 Å². The van der Waals surface area contributed by atoms with Crippen LogP contribution in [0.15, 0.2) is 39.7 Å². The number of methoxy groups -OCH3 is 2. The number of allylic oxidation sites excluding steroid dienone is 3. The van der Waals surface area contributed by atoms with Crippen molar-refractivity contribution in [1.82, 2.24) is 15.3 Å². The SMILES string of the molecule is C=Cc1c2[nH]c(c1C)/C=C1\NC(=C3C4=NC(/C=c5\[nH]/c(c(C)c5CC)=C\2)C(C)=C4C(=O)[C@@H]3C(=O)OC)[C@@H](CCC(=O)OC)[C@@H]1C. The summed E-state index contributed by atoms with van der Waals surface area (Å²) in [5.41, 5.74) is 10.2. The largest absolute Gasteiger partial charge is 0.469 e. The van der Waals surface area contributed by atoms with E-state index in [1.54, 1.807) is 0 Å². The lowest BCUT2D eigenvalue weighted by Crippen LogP contribution is -2.27. The molecule has 6 rings (SSSR count). The monoisotopic (exact) mass is 608 g/mol. The van der Waals surface area contributed by atoms with E-state index in [2.05, 4.69) is 67.8 Å². The number of aromatic amines is 2. The second-order valence-corrected chi connectivity index (χ2v) is 12.3. The quantitative estimate of drug-likeness (QED) is 0.339. The Labute approximate surface area is 262 Å². The molecule has 9 nitrogen and oxygen atoms in total. The van der Waals surface area contributed by atoms with Gasteiger partial charge in [0, 0.05) is 68.4 Å². The lowest BCUT2D eigenvalue weighted by Gasteiger charge is -2.19. The Morgan fingerprint density at radius 3 is 2.47 bits per heavy atom. The predicted octanol–water partition coefficient (Wildman–Crippen LogP) is 3.70. The van der Waals surface area contributed by atoms with Crippen LogP contribution in [0.2, 0.25) is 0 Å². The molecule has 8 bridgehead atoms. The van der Waals surface area contributed by atoms with E-state index in [1.165, 1.54) is 19.8 Å². The van der Waals surface area contributed by atoms with Crippen molar-refractivity contribution in [3.8, 4) is 0 Å². The van der Waals surface area contributed by atoms with Gasteiger partial charge in [-0.05, 0) is 74.1 Å². The fourth-order valence-electron chi connectivity index (χ4n) is 7.44. The van der Waals surface area contributed by atoms with E-state index in [9.17, 15) is 14.4 Å². The minimum absolute atomic E-state index is 0.0676. The lowest BCUT2D eigenvalue weighted by atomic mass is 9.85. The summed E-state index contributed by atoms with van der Waals surface area (Å²) in [5.74, 6) is -2.65. The van der Waals surface area contributed by atoms with Crippen molar-refractivity contribution in [2.45, 2.75) is 59.9 Å². The van der Waals surface area contributed by atoms with Crippen LogP contribution in [0, 0.1) is 31.6 Å². The van der Waals surface area contributed by atoms with Crippen LogP contribution in [0.1, 0.15) is 67.3 Å². The van der Waals surface area contributed by atoms with Crippen LogP contribution in [0.5, 0.6) is 0 Å². The van der Waals surface area contributed by atoms with Gasteiger partial charge in [0.15, 0.2) is 5.78 Å².